The number of hydrogen-bond acceptors (Lipinski definition) is 5. The number of aryl methyl sites for hydroxylation is 1. The van der Waals surface area contributed by atoms with Gasteiger partial charge in [-0.2, -0.15) is 0 Å². The van der Waals surface area contributed by atoms with E-state index in [2.05, 4.69) is 0 Å². The summed E-state index contributed by atoms with van der Waals surface area (Å²) in [7, 11) is 0. The molecule has 0 radical (unpaired) electrons. The van der Waals surface area contributed by atoms with E-state index in [1.54, 1.807) is 91.0 Å². The third kappa shape index (κ3) is 5.90. The van der Waals surface area contributed by atoms with E-state index in [0.717, 1.165) is 23.4 Å². The van der Waals surface area contributed by atoms with Crippen molar-refractivity contribution >= 4 is 28.6 Å². The van der Waals surface area contributed by atoms with Crippen LogP contribution in [0.15, 0.2) is 126 Å². The van der Waals surface area contributed by atoms with Gasteiger partial charge < -0.3 is 9.67 Å². The molecule has 0 aliphatic rings. The number of carbonyl (C=O) groups is 3. The second-order valence-electron chi connectivity index (χ2n) is 11.0. The van der Waals surface area contributed by atoms with E-state index in [4.69, 9.17) is 4.98 Å². The van der Waals surface area contributed by atoms with Gasteiger partial charge in [-0.15, -0.1) is 0 Å². The summed E-state index contributed by atoms with van der Waals surface area (Å²) in [4.78, 5) is 58.2. The quantitative estimate of drug-likeness (QED) is 0.165. The number of imidazole rings is 1. The number of carbonyl (C=O) groups excluding carboxylic acids is 2. The van der Waals surface area contributed by atoms with Gasteiger partial charge in [-0.3, -0.25) is 14.4 Å². The molecular formula is C39H30N2O5. The van der Waals surface area contributed by atoms with Crippen LogP contribution >= 0.6 is 0 Å². The van der Waals surface area contributed by atoms with Crippen molar-refractivity contribution in [3.63, 3.8) is 0 Å². The fraction of sp³-hybridized carbons (Fsp3) is 0.103. The van der Waals surface area contributed by atoms with Crippen molar-refractivity contribution in [2.45, 2.75) is 26.3 Å². The minimum Gasteiger partial charge on any atom is -0.478 e. The highest BCUT2D eigenvalue weighted by atomic mass is 16.4. The molecule has 6 aromatic rings. The van der Waals surface area contributed by atoms with Crippen LogP contribution in [0.4, 0.5) is 0 Å². The first-order valence-corrected chi connectivity index (χ1v) is 15.0. The number of aromatic carboxylic acids is 1. The standard InChI is InChI=1S/C39H30N2O5/c1-2-11-35-40-33-22-31(36(42)27-12-5-3-6-13-27)38(44)32(37(43)28-14-7-4-8-15-28)23-34(33)41(35)24-25-18-20-26(21-19-25)29-16-9-10-17-30(29)39(45)46/h3-10,12-23H,2,11,24H2,1H3,(H,45,46). The summed E-state index contributed by atoms with van der Waals surface area (Å²) in [6.45, 7) is 2.43. The fourth-order valence-electron chi connectivity index (χ4n) is 5.65. The van der Waals surface area contributed by atoms with E-state index in [-0.39, 0.29) is 16.7 Å². The van der Waals surface area contributed by atoms with Gasteiger partial charge in [0.15, 0.2) is 11.6 Å². The van der Waals surface area contributed by atoms with Crippen LogP contribution in [0.3, 0.4) is 0 Å². The van der Waals surface area contributed by atoms with E-state index in [0.29, 0.717) is 40.7 Å². The second-order valence-corrected chi connectivity index (χ2v) is 11.0. The third-order valence-corrected chi connectivity index (χ3v) is 7.96. The lowest BCUT2D eigenvalue weighted by Gasteiger charge is -2.11. The van der Waals surface area contributed by atoms with Gasteiger partial charge >= 0.3 is 5.97 Å². The first-order chi connectivity index (χ1) is 22.4. The zero-order valence-corrected chi connectivity index (χ0v) is 25.1. The number of benzene rings is 4. The van der Waals surface area contributed by atoms with Crippen molar-refractivity contribution < 1.29 is 19.5 Å². The molecule has 0 saturated heterocycles. The van der Waals surface area contributed by atoms with Crippen molar-refractivity contribution in [3.8, 4) is 11.1 Å². The van der Waals surface area contributed by atoms with Crippen molar-refractivity contribution in [2.75, 3.05) is 0 Å². The van der Waals surface area contributed by atoms with Crippen LogP contribution in [0.5, 0.6) is 0 Å². The number of fused-ring (bicyclic) bond motifs is 1. The number of nitrogens with zero attached hydrogens (tertiary/aromatic N) is 2. The molecule has 0 aliphatic carbocycles. The molecule has 6 rings (SSSR count). The Kier molecular flexibility index (Phi) is 8.48. The Morgan fingerprint density at radius 1 is 0.696 bits per heavy atom. The first-order valence-electron chi connectivity index (χ1n) is 15.0. The van der Waals surface area contributed by atoms with Crippen LogP contribution < -0.4 is 5.43 Å². The van der Waals surface area contributed by atoms with Crippen molar-refractivity contribution in [1.82, 2.24) is 9.55 Å². The molecule has 226 valence electrons. The molecule has 1 heterocycles. The lowest BCUT2D eigenvalue weighted by atomic mass is 9.98. The molecule has 0 amide bonds. The van der Waals surface area contributed by atoms with Crippen LogP contribution in [0, 0.1) is 0 Å². The van der Waals surface area contributed by atoms with E-state index < -0.39 is 23.0 Å². The van der Waals surface area contributed by atoms with Crippen molar-refractivity contribution in [2.24, 2.45) is 0 Å². The predicted octanol–water partition coefficient (Wildman–Crippen LogP) is 7.22. The van der Waals surface area contributed by atoms with Gasteiger partial charge in [0.2, 0.25) is 5.43 Å². The second kappa shape index (κ2) is 13.0. The Morgan fingerprint density at radius 2 is 1.26 bits per heavy atom. The normalized spacial score (nSPS) is 11.0. The Labute approximate surface area is 265 Å². The minimum atomic E-state index is -0.995. The largest absolute Gasteiger partial charge is 0.478 e. The molecule has 0 saturated carbocycles. The Bertz CT molecular complexity index is 2150. The lowest BCUT2D eigenvalue weighted by molar-refractivity contribution is 0.0697. The van der Waals surface area contributed by atoms with Gasteiger partial charge in [0, 0.05) is 24.1 Å². The van der Waals surface area contributed by atoms with Crippen molar-refractivity contribution in [1.29, 1.82) is 0 Å². The van der Waals surface area contributed by atoms with Gasteiger partial charge in [-0.05, 0) is 41.3 Å². The SMILES string of the molecule is CCCc1nc2cc(C(=O)c3ccccc3)c(=O)c(C(=O)c3ccccc3)cc2n1Cc1ccc(-c2ccccc2C(=O)O)cc1. The first kappa shape index (κ1) is 30.1. The molecule has 0 fully saturated rings. The van der Waals surface area contributed by atoms with E-state index in [1.807, 2.05) is 35.8 Å². The maximum atomic E-state index is 14.0. The van der Waals surface area contributed by atoms with Crippen molar-refractivity contribution in [3.05, 3.63) is 171 Å². The number of aromatic nitrogens is 2. The molecule has 0 atom stereocenters. The summed E-state index contributed by atoms with van der Waals surface area (Å²) >= 11 is 0. The molecule has 7 nitrogen and oxygen atoms in total. The van der Waals surface area contributed by atoms with E-state index >= 15 is 0 Å². The third-order valence-electron chi connectivity index (χ3n) is 7.96. The lowest BCUT2D eigenvalue weighted by Crippen LogP contribution is -2.21. The zero-order chi connectivity index (χ0) is 32.2. The zero-order valence-electron chi connectivity index (χ0n) is 25.1. The summed E-state index contributed by atoms with van der Waals surface area (Å²) in [6, 6.07) is 34.6. The summed E-state index contributed by atoms with van der Waals surface area (Å²) in [6.07, 6.45) is 1.44. The van der Waals surface area contributed by atoms with Gasteiger partial charge in [-0.25, -0.2) is 9.78 Å². The molecule has 0 unspecified atom stereocenters. The number of hydrogen-bond donors (Lipinski definition) is 1. The van der Waals surface area contributed by atoms with Crippen LogP contribution in [0.1, 0.15) is 66.9 Å². The predicted molar refractivity (Wildman–Crippen MR) is 178 cm³/mol. The fourth-order valence-corrected chi connectivity index (χ4v) is 5.65. The minimum absolute atomic E-state index is 0.106. The molecule has 5 aromatic carbocycles. The summed E-state index contributed by atoms with van der Waals surface area (Å²) in [5, 5.41) is 9.65. The Hall–Kier alpha value is -5.95. The number of ketones is 2. The summed E-state index contributed by atoms with van der Waals surface area (Å²) in [5.74, 6) is -1.19. The highest BCUT2D eigenvalue weighted by Crippen LogP contribution is 2.26. The summed E-state index contributed by atoms with van der Waals surface area (Å²) < 4.78 is 1.98. The van der Waals surface area contributed by atoms with Crippen LogP contribution in [-0.2, 0) is 13.0 Å². The smallest absolute Gasteiger partial charge is 0.336 e. The molecule has 0 bridgehead atoms. The molecule has 0 spiro atoms. The maximum absolute atomic E-state index is 14.0. The van der Waals surface area contributed by atoms with Crippen LogP contribution in [0.2, 0.25) is 0 Å². The topological polar surface area (TPSA) is 106 Å². The number of carboxylic acids is 1. The monoisotopic (exact) mass is 606 g/mol. The maximum Gasteiger partial charge on any atom is 0.336 e. The van der Waals surface area contributed by atoms with Crippen LogP contribution in [0.25, 0.3) is 22.2 Å². The molecular weight excluding hydrogens is 576 g/mol. The molecule has 46 heavy (non-hydrogen) atoms. The Morgan fingerprint density at radius 3 is 1.85 bits per heavy atom. The highest BCUT2D eigenvalue weighted by molar-refractivity contribution is 6.14. The van der Waals surface area contributed by atoms with Crippen LogP contribution in [-0.4, -0.2) is 32.2 Å². The van der Waals surface area contributed by atoms with Gasteiger partial charge in [0.05, 0.1) is 27.7 Å². The molecule has 1 aromatic heterocycles. The summed E-state index contributed by atoms with van der Waals surface area (Å²) in [5.41, 5.74) is 3.35. The number of rotatable bonds is 10. The number of carboxylic acid groups (broad SMARTS) is 1. The average molecular weight is 607 g/mol. The van der Waals surface area contributed by atoms with E-state index in [1.165, 1.54) is 6.07 Å². The van der Waals surface area contributed by atoms with Gasteiger partial charge in [0.1, 0.15) is 5.82 Å². The van der Waals surface area contributed by atoms with E-state index in [9.17, 15) is 24.3 Å². The highest BCUT2D eigenvalue weighted by Gasteiger charge is 2.23. The van der Waals surface area contributed by atoms with Gasteiger partial charge in [-0.1, -0.05) is 110 Å². The molecule has 7 heteroatoms. The Balaban J connectivity index is 1.51. The average Bonchev–Trinajstić information content (AvgIpc) is 3.32. The molecule has 0 aliphatic heterocycles. The van der Waals surface area contributed by atoms with Gasteiger partial charge in [0.25, 0.3) is 0 Å². The molecule has 1 N–H and O–H groups in total.